The molecule has 150 valence electrons. The summed E-state index contributed by atoms with van der Waals surface area (Å²) < 4.78 is 34.9. The molecule has 6 N–H and O–H groups in total. The van der Waals surface area contributed by atoms with Gasteiger partial charge in [0.1, 0.15) is 36.6 Å². The van der Waals surface area contributed by atoms with Crippen molar-refractivity contribution in [1.82, 2.24) is 0 Å². The molecular formula is C12H25O12P. The van der Waals surface area contributed by atoms with Crippen molar-refractivity contribution in [1.29, 1.82) is 0 Å². The topological polar surface area (TPSA) is 185 Å². The van der Waals surface area contributed by atoms with Crippen LogP contribution in [0.1, 0.15) is 0 Å². The van der Waals surface area contributed by atoms with Crippen molar-refractivity contribution >= 4 is 7.82 Å². The minimum atomic E-state index is -4.33. The van der Waals surface area contributed by atoms with Crippen molar-refractivity contribution in [2.45, 2.75) is 42.9 Å². The molecule has 0 aromatic carbocycles. The highest BCUT2D eigenvalue weighted by atomic mass is 31.2. The number of hydrogen-bond donors (Lipinski definition) is 6. The second kappa shape index (κ2) is 10.2. The normalized spacial score (nSPS) is 33.0. The minimum Gasteiger partial charge on any atom is -0.394 e. The van der Waals surface area contributed by atoms with Gasteiger partial charge in [0.25, 0.3) is 0 Å². The van der Waals surface area contributed by atoms with Crippen molar-refractivity contribution in [3.8, 4) is 0 Å². The second-order valence-electron chi connectivity index (χ2n) is 5.32. The van der Waals surface area contributed by atoms with Gasteiger partial charge in [-0.2, -0.15) is 0 Å². The summed E-state index contributed by atoms with van der Waals surface area (Å²) in [5.41, 5.74) is 0. The molecule has 1 heterocycles. The standard InChI is InChI=1S/C12H25O12P/c1-20-11-8(3-13)24-12(10(11)17)22-4-6(14)9(16)7(15)5-23-25(18,19)21-2/h6-17H,3-5H2,1-2H3,(H,18,19)/t6?,7?,8-,9?,10?,11+,12-/m1/s1. The number of ether oxygens (including phenoxy) is 3. The SMILES string of the molecule is CO[C@@H]1C(O)[C@H](OCC(O)C(O)C(O)COP(=O)(O)OC)O[C@@H]1CO. The summed E-state index contributed by atoms with van der Waals surface area (Å²) in [6, 6.07) is 0. The number of hydrogen-bond acceptors (Lipinski definition) is 11. The Bertz CT molecular complexity index is 436. The Hall–Kier alpha value is -0.210. The summed E-state index contributed by atoms with van der Waals surface area (Å²) in [4.78, 5) is 9.02. The zero-order valence-corrected chi connectivity index (χ0v) is 14.6. The maximum Gasteiger partial charge on any atom is 0.472 e. The Labute approximate surface area is 144 Å². The molecule has 0 aromatic rings. The first-order valence-electron chi connectivity index (χ1n) is 7.32. The maximum atomic E-state index is 11.1. The highest BCUT2D eigenvalue weighted by Gasteiger charge is 2.44. The lowest BCUT2D eigenvalue weighted by Crippen LogP contribution is -2.44. The Morgan fingerprint density at radius 3 is 2.24 bits per heavy atom. The molecule has 5 unspecified atom stereocenters. The van der Waals surface area contributed by atoms with Gasteiger partial charge in [-0.3, -0.25) is 9.05 Å². The molecule has 12 nitrogen and oxygen atoms in total. The third kappa shape index (κ3) is 6.47. The van der Waals surface area contributed by atoms with E-state index >= 15 is 0 Å². The highest BCUT2D eigenvalue weighted by molar-refractivity contribution is 7.47. The van der Waals surface area contributed by atoms with Crippen LogP contribution >= 0.6 is 7.82 Å². The van der Waals surface area contributed by atoms with Gasteiger partial charge in [-0.05, 0) is 0 Å². The van der Waals surface area contributed by atoms with E-state index < -0.39 is 70.6 Å². The van der Waals surface area contributed by atoms with Crippen molar-refractivity contribution in [3.05, 3.63) is 0 Å². The van der Waals surface area contributed by atoms with E-state index in [4.69, 9.17) is 24.2 Å². The highest BCUT2D eigenvalue weighted by Crippen LogP contribution is 2.42. The van der Waals surface area contributed by atoms with E-state index in [1.807, 2.05) is 0 Å². The van der Waals surface area contributed by atoms with E-state index in [1.165, 1.54) is 7.11 Å². The lowest BCUT2D eigenvalue weighted by Gasteiger charge is -2.25. The number of phosphoric ester groups is 1. The molecule has 0 spiro atoms. The summed E-state index contributed by atoms with van der Waals surface area (Å²) in [7, 11) is -2.09. The van der Waals surface area contributed by atoms with Gasteiger partial charge in [0.15, 0.2) is 6.29 Å². The van der Waals surface area contributed by atoms with Crippen LogP contribution in [0.25, 0.3) is 0 Å². The fourth-order valence-electron chi connectivity index (χ4n) is 2.15. The molecule has 1 aliphatic rings. The summed E-state index contributed by atoms with van der Waals surface area (Å²) in [6.07, 6.45) is -9.21. The van der Waals surface area contributed by atoms with Crippen molar-refractivity contribution in [3.63, 3.8) is 0 Å². The molecule has 1 saturated heterocycles. The molecule has 8 atom stereocenters. The van der Waals surface area contributed by atoms with Crippen LogP contribution in [-0.4, -0.2) is 107 Å². The van der Waals surface area contributed by atoms with E-state index in [1.54, 1.807) is 0 Å². The summed E-state index contributed by atoms with van der Waals surface area (Å²) in [6.45, 7) is -1.74. The van der Waals surface area contributed by atoms with Crippen LogP contribution in [0.2, 0.25) is 0 Å². The van der Waals surface area contributed by atoms with Gasteiger partial charge in [0.2, 0.25) is 0 Å². The molecule has 0 radical (unpaired) electrons. The quantitative estimate of drug-likeness (QED) is 0.195. The first-order chi connectivity index (χ1) is 11.7. The van der Waals surface area contributed by atoms with Gasteiger partial charge >= 0.3 is 7.82 Å². The first-order valence-corrected chi connectivity index (χ1v) is 8.82. The Kier molecular flexibility index (Phi) is 9.32. The fraction of sp³-hybridized carbons (Fsp3) is 1.00. The van der Waals surface area contributed by atoms with Crippen LogP contribution < -0.4 is 0 Å². The van der Waals surface area contributed by atoms with Gasteiger partial charge in [-0.1, -0.05) is 0 Å². The average Bonchev–Trinajstić information content (AvgIpc) is 2.91. The van der Waals surface area contributed by atoms with Crippen molar-refractivity contribution in [2.24, 2.45) is 0 Å². The zero-order valence-electron chi connectivity index (χ0n) is 13.7. The second-order valence-corrected chi connectivity index (χ2v) is 6.88. The van der Waals surface area contributed by atoms with Crippen LogP contribution in [0.15, 0.2) is 0 Å². The van der Waals surface area contributed by atoms with Crippen molar-refractivity contribution in [2.75, 3.05) is 34.0 Å². The summed E-state index contributed by atoms with van der Waals surface area (Å²) in [5.74, 6) is 0. The maximum absolute atomic E-state index is 11.1. The van der Waals surface area contributed by atoms with Crippen molar-refractivity contribution < 1.29 is 58.2 Å². The van der Waals surface area contributed by atoms with Crippen LogP contribution in [0.5, 0.6) is 0 Å². The Morgan fingerprint density at radius 1 is 1.16 bits per heavy atom. The van der Waals surface area contributed by atoms with Crippen LogP contribution in [0.4, 0.5) is 0 Å². The largest absolute Gasteiger partial charge is 0.472 e. The number of phosphoric acid groups is 1. The molecule has 0 amide bonds. The van der Waals surface area contributed by atoms with Crippen LogP contribution in [0, 0.1) is 0 Å². The molecule has 0 aliphatic carbocycles. The van der Waals surface area contributed by atoms with Gasteiger partial charge < -0.3 is 44.6 Å². The average molecular weight is 392 g/mol. The lowest BCUT2D eigenvalue weighted by atomic mass is 10.1. The summed E-state index contributed by atoms with van der Waals surface area (Å²) >= 11 is 0. The first kappa shape index (κ1) is 22.8. The third-order valence-corrected chi connectivity index (χ3v) is 4.54. The molecule has 25 heavy (non-hydrogen) atoms. The number of rotatable bonds is 11. The van der Waals surface area contributed by atoms with E-state index in [0.717, 1.165) is 7.11 Å². The van der Waals surface area contributed by atoms with Gasteiger partial charge in [-0.15, -0.1) is 0 Å². The molecule has 13 heteroatoms. The minimum absolute atomic E-state index is 0.419. The van der Waals surface area contributed by atoms with Gasteiger partial charge in [0, 0.05) is 14.2 Å². The van der Waals surface area contributed by atoms with E-state index in [0.29, 0.717) is 0 Å². The van der Waals surface area contributed by atoms with Gasteiger partial charge in [-0.25, -0.2) is 4.57 Å². The number of aliphatic hydroxyl groups is 5. The van der Waals surface area contributed by atoms with E-state index in [9.17, 15) is 25.0 Å². The van der Waals surface area contributed by atoms with Gasteiger partial charge in [0.05, 0.1) is 19.8 Å². The Balaban J connectivity index is 2.45. The smallest absolute Gasteiger partial charge is 0.394 e. The van der Waals surface area contributed by atoms with Crippen LogP contribution in [0.3, 0.4) is 0 Å². The third-order valence-electron chi connectivity index (χ3n) is 3.60. The number of aliphatic hydroxyl groups excluding tert-OH is 5. The molecule has 1 fully saturated rings. The Morgan fingerprint density at radius 2 is 1.76 bits per heavy atom. The van der Waals surface area contributed by atoms with E-state index in [-0.39, 0.29) is 0 Å². The summed E-state index contributed by atoms with van der Waals surface area (Å²) in [5, 5.41) is 48.3. The zero-order chi connectivity index (χ0) is 19.2. The molecule has 0 saturated carbocycles. The monoisotopic (exact) mass is 392 g/mol. The lowest BCUT2D eigenvalue weighted by molar-refractivity contribution is -0.194. The molecule has 1 rings (SSSR count). The van der Waals surface area contributed by atoms with Crippen LogP contribution in [-0.2, 0) is 27.8 Å². The molecule has 1 aliphatic heterocycles. The molecule has 0 aromatic heterocycles. The predicted molar refractivity (Wildman–Crippen MR) is 79.3 cm³/mol. The molecule has 0 bridgehead atoms. The predicted octanol–water partition coefficient (Wildman–Crippen LogP) is -3.06. The molecular weight excluding hydrogens is 367 g/mol. The number of methoxy groups -OCH3 is 1. The fourth-order valence-corrected chi connectivity index (χ4v) is 2.60. The van der Waals surface area contributed by atoms with E-state index in [2.05, 4.69) is 9.05 Å².